The number of carbonyl (C=O) groups excluding carboxylic acids is 3. The van der Waals surface area contributed by atoms with Crippen molar-refractivity contribution in [1.29, 1.82) is 0 Å². The molecular formula is C21H24O7. The van der Waals surface area contributed by atoms with Crippen LogP contribution in [-0.4, -0.2) is 49.6 Å². The Bertz CT molecular complexity index is 879. The first-order chi connectivity index (χ1) is 13.2. The summed E-state index contributed by atoms with van der Waals surface area (Å²) in [5.41, 5.74) is -1.14. The number of hydrogen-bond acceptors (Lipinski definition) is 7. The van der Waals surface area contributed by atoms with Gasteiger partial charge in [0.2, 0.25) is 11.6 Å². The molecule has 4 rings (SSSR count). The van der Waals surface area contributed by atoms with Gasteiger partial charge >= 0.3 is 5.97 Å². The third-order valence-electron chi connectivity index (χ3n) is 7.28. The highest BCUT2D eigenvalue weighted by Crippen LogP contribution is 2.65. The van der Waals surface area contributed by atoms with E-state index in [0.717, 1.165) is 0 Å². The Morgan fingerprint density at radius 3 is 2.50 bits per heavy atom. The highest BCUT2D eigenvalue weighted by molar-refractivity contribution is 6.08. The van der Waals surface area contributed by atoms with E-state index in [0.29, 0.717) is 24.0 Å². The van der Waals surface area contributed by atoms with Gasteiger partial charge in [0.05, 0.1) is 26.7 Å². The summed E-state index contributed by atoms with van der Waals surface area (Å²) in [5, 5.41) is 9.96. The van der Waals surface area contributed by atoms with Crippen LogP contribution in [0.4, 0.5) is 0 Å². The van der Waals surface area contributed by atoms with Crippen LogP contribution in [0, 0.1) is 22.7 Å². The van der Waals surface area contributed by atoms with Crippen molar-refractivity contribution in [3.63, 3.8) is 0 Å². The van der Waals surface area contributed by atoms with Crippen molar-refractivity contribution in [3.8, 4) is 0 Å². The summed E-state index contributed by atoms with van der Waals surface area (Å²) in [6.07, 6.45) is 3.53. The summed E-state index contributed by atoms with van der Waals surface area (Å²) in [6, 6.07) is 0. The number of Topliss-reactive ketones (excluding diaryl/α,β-unsaturated/α-hetero) is 2. The van der Waals surface area contributed by atoms with Crippen LogP contribution in [-0.2, 0) is 28.6 Å². The molecule has 1 N–H and O–H groups in total. The summed E-state index contributed by atoms with van der Waals surface area (Å²) in [6.45, 7) is 3.21. The van der Waals surface area contributed by atoms with E-state index < -0.39 is 35.4 Å². The Kier molecular flexibility index (Phi) is 4.08. The van der Waals surface area contributed by atoms with Gasteiger partial charge in [-0.25, -0.2) is 4.79 Å². The highest BCUT2D eigenvalue weighted by atomic mass is 16.5. The predicted molar refractivity (Wildman–Crippen MR) is 96.6 cm³/mol. The van der Waals surface area contributed by atoms with Gasteiger partial charge in [0, 0.05) is 22.5 Å². The van der Waals surface area contributed by atoms with Gasteiger partial charge in [0.15, 0.2) is 11.5 Å². The van der Waals surface area contributed by atoms with Gasteiger partial charge in [0.25, 0.3) is 0 Å². The average molecular weight is 388 g/mol. The molecule has 1 fully saturated rings. The smallest absolute Gasteiger partial charge is 0.331 e. The second-order valence-corrected chi connectivity index (χ2v) is 8.29. The maximum atomic E-state index is 13.6. The first kappa shape index (κ1) is 18.9. The molecule has 0 spiro atoms. The summed E-state index contributed by atoms with van der Waals surface area (Å²) in [7, 11) is 2.80. The number of carbonyl (C=O) groups is 3. The van der Waals surface area contributed by atoms with Crippen LogP contribution >= 0.6 is 0 Å². The number of aliphatic hydroxyl groups excluding tert-OH is 1. The minimum atomic E-state index is -1.03. The molecule has 0 aromatic heterocycles. The maximum Gasteiger partial charge on any atom is 0.331 e. The lowest BCUT2D eigenvalue weighted by Crippen LogP contribution is -2.66. The molecule has 0 saturated heterocycles. The van der Waals surface area contributed by atoms with Crippen molar-refractivity contribution in [2.75, 3.05) is 20.8 Å². The quantitative estimate of drug-likeness (QED) is 0.731. The molecular weight excluding hydrogens is 364 g/mol. The molecule has 150 valence electrons. The summed E-state index contributed by atoms with van der Waals surface area (Å²) < 4.78 is 16.3. The molecule has 1 heterocycles. The normalized spacial score (nSPS) is 39.5. The summed E-state index contributed by atoms with van der Waals surface area (Å²) in [5.74, 6) is -1.77. The molecule has 3 aliphatic carbocycles. The lowest BCUT2D eigenvalue weighted by Gasteiger charge is -2.61. The number of methoxy groups -OCH3 is 2. The number of allylic oxidation sites excluding steroid dienone is 3. The zero-order valence-electron chi connectivity index (χ0n) is 16.4. The van der Waals surface area contributed by atoms with Crippen molar-refractivity contribution in [3.05, 3.63) is 34.8 Å². The van der Waals surface area contributed by atoms with E-state index in [1.54, 1.807) is 13.0 Å². The van der Waals surface area contributed by atoms with Crippen LogP contribution in [0.2, 0.25) is 0 Å². The fourth-order valence-corrected chi connectivity index (χ4v) is 5.92. The van der Waals surface area contributed by atoms with E-state index in [4.69, 9.17) is 14.2 Å². The maximum absolute atomic E-state index is 13.6. The van der Waals surface area contributed by atoms with Gasteiger partial charge in [-0.15, -0.1) is 0 Å². The van der Waals surface area contributed by atoms with Gasteiger partial charge in [-0.1, -0.05) is 13.8 Å². The second-order valence-electron chi connectivity index (χ2n) is 8.29. The van der Waals surface area contributed by atoms with Crippen LogP contribution in [0.5, 0.6) is 0 Å². The monoisotopic (exact) mass is 388 g/mol. The molecule has 0 aromatic rings. The Morgan fingerprint density at radius 1 is 1.18 bits per heavy atom. The molecule has 7 heteroatoms. The molecule has 0 unspecified atom stereocenters. The minimum Gasteiger partial charge on any atom is -0.493 e. The van der Waals surface area contributed by atoms with Crippen molar-refractivity contribution < 1.29 is 33.7 Å². The molecule has 0 radical (unpaired) electrons. The molecule has 5 atom stereocenters. The van der Waals surface area contributed by atoms with Crippen molar-refractivity contribution >= 4 is 17.5 Å². The largest absolute Gasteiger partial charge is 0.493 e. The van der Waals surface area contributed by atoms with E-state index in [9.17, 15) is 19.5 Å². The van der Waals surface area contributed by atoms with E-state index in [-0.39, 0.29) is 29.0 Å². The van der Waals surface area contributed by atoms with Gasteiger partial charge in [0.1, 0.15) is 6.10 Å². The minimum absolute atomic E-state index is 0.00729. The van der Waals surface area contributed by atoms with E-state index >= 15 is 0 Å². The number of esters is 1. The molecule has 0 amide bonds. The number of hydrogen-bond donors (Lipinski definition) is 1. The van der Waals surface area contributed by atoms with E-state index in [1.165, 1.54) is 20.3 Å². The lowest BCUT2D eigenvalue weighted by atomic mass is 9.42. The Labute approximate surface area is 163 Å². The van der Waals surface area contributed by atoms with Crippen LogP contribution < -0.4 is 0 Å². The van der Waals surface area contributed by atoms with Gasteiger partial charge in [-0.3, -0.25) is 9.59 Å². The molecule has 1 saturated carbocycles. The summed E-state index contributed by atoms with van der Waals surface area (Å²) in [4.78, 5) is 39.3. The van der Waals surface area contributed by atoms with Crippen molar-refractivity contribution in [2.24, 2.45) is 22.7 Å². The highest BCUT2D eigenvalue weighted by Gasteiger charge is 2.70. The molecule has 28 heavy (non-hydrogen) atoms. The number of ketones is 2. The van der Waals surface area contributed by atoms with Crippen LogP contribution in [0.15, 0.2) is 34.8 Å². The van der Waals surface area contributed by atoms with Gasteiger partial charge in [-0.2, -0.15) is 0 Å². The number of aliphatic hydroxyl groups is 1. The molecule has 4 aliphatic rings. The van der Waals surface area contributed by atoms with Crippen LogP contribution in [0.1, 0.15) is 26.7 Å². The van der Waals surface area contributed by atoms with Gasteiger partial charge in [-0.05, 0) is 30.4 Å². The Morgan fingerprint density at radius 2 is 1.89 bits per heavy atom. The molecule has 0 bridgehead atoms. The number of fused-ring (bicyclic) bond motifs is 2. The molecule has 7 nitrogen and oxygen atoms in total. The first-order valence-electron chi connectivity index (χ1n) is 9.39. The van der Waals surface area contributed by atoms with Gasteiger partial charge < -0.3 is 19.3 Å². The average Bonchev–Trinajstić information content (AvgIpc) is 2.65. The third kappa shape index (κ3) is 2.05. The van der Waals surface area contributed by atoms with Crippen molar-refractivity contribution in [2.45, 2.75) is 32.8 Å². The third-order valence-corrected chi connectivity index (χ3v) is 7.28. The topological polar surface area (TPSA) is 99.1 Å². The predicted octanol–water partition coefficient (Wildman–Crippen LogP) is 1.47. The zero-order chi connectivity index (χ0) is 20.4. The number of rotatable bonds is 3. The molecule has 0 aromatic carbocycles. The van der Waals surface area contributed by atoms with E-state index in [1.807, 2.05) is 6.92 Å². The fourth-order valence-electron chi connectivity index (χ4n) is 5.92. The fraction of sp³-hybridized carbons (Fsp3) is 0.571. The SMILES string of the molecule is COC1=CC[C@@H]2C[C@H]3OC(=O)C=C4C(CO)=C(OC)C(=O)[C@H]([C@@]2(C)C1=O)[C@]43C. The Hall–Kier alpha value is -2.41. The zero-order valence-corrected chi connectivity index (χ0v) is 16.4. The Balaban J connectivity index is 2.01. The van der Waals surface area contributed by atoms with Crippen LogP contribution in [0.3, 0.4) is 0 Å². The summed E-state index contributed by atoms with van der Waals surface area (Å²) >= 11 is 0. The second kappa shape index (κ2) is 6.04. The first-order valence-corrected chi connectivity index (χ1v) is 9.39. The lowest BCUT2D eigenvalue weighted by molar-refractivity contribution is -0.185. The standard InChI is InChI=1S/C21H24O7/c1-20-10(5-6-13(26-3)19(20)25)7-14-21(2)12(8-15(23)28-14)11(9-22)17(27-4)16(24)18(20)21/h6,8,10,14,18,22H,5,7,9H2,1-4H3/t10-,14-,18-,20+,21-/m1/s1. The number of ether oxygens (including phenoxy) is 3. The van der Waals surface area contributed by atoms with Crippen LogP contribution in [0.25, 0.3) is 0 Å². The van der Waals surface area contributed by atoms with Crippen molar-refractivity contribution in [1.82, 2.24) is 0 Å². The van der Waals surface area contributed by atoms with E-state index in [2.05, 4.69) is 0 Å². The molecule has 1 aliphatic heterocycles.